The minimum atomic E-state index is -0.188. The molecule has 0 aliphatic carbocycles. The van der Waals surface area contributed by atoms with Crippen LogP contribution in [0.4, 0.5) is 4.39 Å². The Balaban J connectivity index is 1.99. The van der Waals surface area contributed by atoms with Crippen molar-refractivity contribution in [3.05, 3.63) is 59.1 Å². The summed E-state index contributed by atoms with van der Waals surface area (Å²) >= 11 is 1.62. The van der Waals surface area contributed by atoms with Gasteiger partial charge in [-0.1, -0.05) is 13.0 Å². The Morgan fingerprint density at radius 3 is 2.95 bits per heavy atom. The Bertz CT molecular complexity index is 690. The van der Waals surface area contributed by atoms with Gasteiger partial charge >= 0.3 is 0 Å². The highest BCUT2D eigenvalue weighted by Crippen LogP contribution is 2.33. The molecule has 20 heavy (non-hydrogen) atoms. The molecule has 0 saturated heterocycles. The van der Waals surface area contributed by atoms with E-state index in [0.29, 0.717) is 0 Å². The van der Waals surface area contributed by atoms with Crippen molar-refractivity contribution < 1.29 is 8.81 Å². The third-order valence-corrected chi connectivity index (χ3v) is 4.42. The summed E-state index contributed by atoms with van der Waals surface area (Å²) in [5.74, 6) is -0.188. The second-order valence-corrected chi connectivity index (χ2v) is 5.89. The molecule has 3 aromatic rings. The van der Waals surface area contributed by atoms with Crippen LogP contribution in [0.2, 0.25) is 0 Å². The topological polar surface area (TPSA) is 25.2 Å². The van der Waals surface area contributed by atoms with Crippen LogP contribution in [0, 0.1) is 5.82 Å². The zero-order valence-corrected chi connectivity index (χ0v) is 12.0. The van der Waals surface area contributed by atoms with Crippen LogP contribution in [0.25, 0.3) is 10.1 Å². The standard InChI is InChI=1S/C16H16FNOS/c1-2-6-18-16(12-5-7-19-10-12)15-8-11-3-4-13(17)9-14(11)20-15/h3-5,7-10,16,18H,2,6H2,1H3. The number of hydrogen-bond acceptors (Lipinski definition) is 3. The lowest BCUT2D eigenvalue weighted by Crippen LogP contribution is -2.21. The number of halogens is 1. The summed E-state index contributed by atoms with van der Waals surface area (Å²) in [6.07, 6.45) is 4.51. The van der Waals surface area contributed by atoms with Gasteiger partial charge in [0.15, 0.2) is 0 Å². The normalized spacial score (nSPS) is 12.9. The van der Waals surface area contributed by atoms with Gasteiger partial charge in [-0.25, -0.2) is 4.39 Å². The van der Waals surface area contributed by atoms with E-state index in [2.05, 4.69) is 18.3 Å². The Morgan fingerprint density at radius 1 is 1.30 bits per heavy atom. The van der Waals surface area contributed by atoms with Crippen molar-refractivity contribution in [1.29, 1.82) is 0 Å². The number of nitrogens with one attached hydrogen (secondary N) is 1. The summed E-state index contributed by atoms with van der Waals surface area (Å²) in [5, 5.41) is 4.60. The molecule has 0 aliphatic rings. The Kier molecular flexibility index (Phi) is 3.85. The molecule has 0 bridgehead atoms. The van der Waals surface area contributed by atoms with E-state index in [1.165, 1.54) is 10.9 Å². The number of rotatable bonds is 5. The zero-order chi connectivity index (χ0) is 13.9. The van der Waals surface area contributed by atoms with E-state index in [-0.39, 0.29) is 11.9 Å². The van der Waals surface area contributed by atoms with Crippen LogP contribution in [-0.2, 0) is 0 Å². The van der Waals surface area contributed by atoms with E-state index in [1.54, 1.807) is 29.9 Å². The third kappa shape index (κ3) is 2.62. The number of furan rings is 1. The van der Waals surface area contributed by atoms with Gasteiger partial charge in [0.25, 0.3) is 0 Å². The number of hydrogen-bond donors (Lipinski definition) is 1. The Labute approximate surface area is 121 Å². The quantitative estimate of drug-likeness (QED) is 0.735. The molecule has 1 atom stereocenters. The molecule has 0 fully saturated rings. The summed E-state index contributed by atoms with van der Waals surface area (Å²) < 4.78 is 19.5. The minimum Gasteiger partial charge on any atom is -0.472 e. The molecular weight excluding hydrogens is 273 g/mol. The fourth-order valence-electron chi connectivity index (χ4n) is 2.28. The van der Waals surface area contributed by atoms with E-state index in [9.17, 15) is 4.39 Å². The molecule has 104 valence electrons. The average Bonchev–Trinajstić information content (AvgIpc) is 3.08. The van der Waals surface area contributed by atoms with E-state index < -0.39 is 0 Å². The van der Waals surface area contributed by atoms with Crippen LogP contribution < -0.4 is 5.32 Å². The lowest BCUT2D eigenvalue weighted by Gasteiger charge is -2.15. The molecule has 1 N–H and O–H groups in total. The van der Waals surface area contributed by atoms with Crippen LogP contribution in [0.1, 0.15) is 29.8 Å². The summed E-state index contributed by atoms with van der Waals surface area (Å²) in [6.45, 7) is 3.07. The molecule has 0 amide bonds. The average molecular weight is 289 g/mol. The van der Waals surface area contributed by atoms with Crippen molar-refractivity contribution in [2.45, 2.75) is 19.4 Å². The molecule has 1 aromatic carbocycles. The van der Waals surface area contributed by atoms with E-state index >= 15 is 0 Å². The lowest BCUT2D eigenvalue weighted by atomic mass is 10.1. The SMILES string of the molecule is CCCNC(c1ccoc1)c1cc2ccc(F)cc2s1. The Hall–Kier alpha value is -1.65. The lowest BCUT2D eigenvalue weighted by molar-refractivity contribution is 0.550. The number of fused-ring (bicyclic) bond motifs is 1. The second-order valence-electron chi connectivity index (χ2n) is 4.77. The highest BCUT2D eigenvalue weighted by molar-refractivity contribution is 7.19. The Morgan fingerprint density at radius 2 is 2.20 bits per heavy atom. The predicted octanol–water partition coefficient (Wildman–Crippen LogP) is 4.72. The van der Waals surface area contributed by atoms with Crippen molar-refractivity contribution in [3.8, 4) is 0 Å². The summed E-state index contributed by atoms with van der Waals surface area (Å²) in [4.78, 5) is 1.18. The predicted molar refractivity (Wildman–Crippen MR) is 80.6 cm³/mol. The minimum absolute atomic E-state index is 0.106. The van der Waals surface area contributed by atoms with Gasteiger partial charge in [0, 0.05) is 15.1 Å². The first-order chi connectivity index (χ1) is 9.78. The summed E-state index contributed by atoms with van der Waals surface area (Å²) in [7, 11) is 0. The van der Waals surface area contributed by atoms with Gasteiger partial charge in [-0.2, -0.15) is 0 Å². The molecule has 0 aliphatic heterocycles. The van der Waals surface area contributed by atoms with Gasteiger partial charge in [-0.3, -0.25) is 0 Å². The van der Waals surface area contributed by atoms with Crippen LogP contribution in [0.5, 0.6) is 0 Å². The maximum absolute atomic E-state index is 13.3. The molecule has 0 saturated carbocycles. The van der Waals surface area contributed by atoms with Crippen LogP contribution in [-0.4, -0.2) is 6.54 Å². The van der Waals surface area contributed by atoms with E-state index in [0.717, 1.165) is 28.6 Å². The van der Waals surface area contributed by atoms with Gasteiger partial charge in [0.05, 0.1) is 18.6 Å². The molecule has 2 aromatic heterocycles. The van der Waals surface area contributed by atoms with E-state index in [4.69, 9.17) is 4.42 Å². The van der Waals surface area contributed by atoms with E-state index in [1.807, 2.05) is 12.1 Å². The second kappa shape index (κ2) is 5.77. The number of thiophene rings is 1. The molecule has 1 unspecified atom stereocenters. The fraction of sp³-hybridized carbons (Fsp3) is 0.250. The van der Waals surface area contributed by atoms with Gasteiger partial charge in [0.2, 0.25) is 0 Å². The van der Waals surface area contributed by atoms with Crippen molar-refractivity contribution in [1.82, 2.24) is 5.32 Å². The molecule has 0 radical (unpaired) electrons. The first kappa shape index (κ1) is 13.3. The first-order valence-corrected chi connectivity index (χ1v) is 7.54. The van der Waals surface area contributed by atoms with Crippen molar-refractivity contribution in [2.24, 2.45) is 0 Å². The third-order valence-electron chi connectivity index (χ3n) is 3.26. The first-order valence-electron chi connectivity index (χ1n) is 6.72. The molecule has 0 spiro atoms. The van der Waals surface area contributed by atoms with Crippen molar-refractivity contribution >= 4 is 21.4 Å². The maximum Gasteiger partial charge on any atom is 0.124 e. The van der Waals surface area contributed by atoms with Gasteiger partial charge < -0.3 is 9.73 Å². The van der Waals surface area contributed by atoms with Gasteiger partial charge in [0.1, 0.15) is 5.82 Å². The molecule has 2 nitrogen and oxygen atoms in total. The fourth-order valence-corrected chi connectivity index (χ4v) is 3.47. The van der Waals surface area contributed by atoms with Crippen LogP contribution >= 0.6 is 11.3 Å². The van der Waals surface area contributed by atoms with Crippen molar-refractivity contribution in [3.63, 3.8) is 0 Å². The molecule has 3 rings (SSSR count). The monoisotopic (exact) mass is 289 g/mol. The largest absolute Gasteiger partial charge is 0.472 e. The highest BCUT2D eigenvalue weighted by atomic mass is 32.1. The van der Waals surface area contributed by atoms with Crippen LogP contribution in [0.15, 0.2) is 47.3 Å². The van der Waals surface area contributed by atoms with Gasteiger partial charge in [-0.15, -0.1) is 11.3 Å². The smallest absolute Gasteiger partial charge is 0.124 e. The number of benzene rings is 1. The molecule has 4 heteroatoms. The maximum atomic E-state index is 13.3. The summed E-state index contributed by atoms with van der Waals surface area (Å²) in [5.41, 5.74) is 1.10. The van der Waals surface area contributed by atoms with Crippen LogP contribution in [0.3, 0.4) is 0 Å². The molecule has 2 heterocycles. The van der Waals surface area contributed by atoms with Gasteiger partial charge in [-0.05, 0) is 42.6 Å². The van der Waals surface area contributed by atoms with Crippen molar-refractivity contribution in [2.75, 3.05) is 6.54 Å². The highest BCUT2D eigenvalue weighted by Gasteiger charge is 2.17. The zero-order valence-electron chi connectivity index (χ0n) is 11.2. The summed E-state index contributed by atoms with van der Waals surface area (Å²) in [6, 6.07) is 9.13. The molecular formula is C16H16FNOS.